The molecule has 0 aliphatic carbocycles. The maximum Gasteiger partial charge on any atom is 0.326 e. The van der Waals surface area contributed by atoms with E-state index in [2.05, 4.69) is 4.90 Å². The molecule has 8 heteroatoms. The smallest absolute Gasteiger partial charge is 0.326 e. The van der Waals surface area contributed by atoms with E-state index in [0.717, 1.165) is 32.5 Å². The molecule has 8 nitrogen and oxygen atoms in total. The highest BCUT2D eigenvalue weighted by Crippen LogP contribution is 2.33. The second-order valence-corrected chi connectivity index (χ2v) is 8.18. The molecule has 4 saturated heterocycles. The largest absolute Gasteiger partial charge is 0.612 e. The summed E-state index contributed by atoms with van der Waals surface area (Å²) in [5.41, 5.74) is 0.774. The molecule has 0 N–H and O–H groups in total. The number of hydroxylamine groups is 2. The Morgan fingerprint density at radius 2 is 1.60 bits per heavy atom. The van der Waals surface area contributed by atoms with Gasteiger partial charge in [0.05, 0.1) is 12.8 Å². The van der Waals surface area contributed by atoms with Crippen molar-refractivity contribution in [3.63, 3.8) is 0 Å². The van der Waals surface area contributed by atoms with Gasteiger partial charge in [0.15, 0.2) is 5.76 Å². The van der Waals surface area contributed by atoms with Crippen molar-refractivity contribution >= 4 is 23.4 Å². The summed E-state index contributed by atoms with van der Waals surface area (Å²) in [5, 5.41) is 12.7. The Labute approximate surface area is 173 Å². The van der Waals surface area contributed by atoms with Crippen molar-refractivity contribution in [2.45, 2.75) is 31.7 Å². The van der Waals surface area contributed by atoms with E-state index >= 15 is 0 Å². The van der Waals surface area contributed by atoms with Gasteiger partial charge >= 0.3 is 11.8 Å². The first-order valence-corrected chi connectivity index (χ1v) is 10.4. The molecule has 0 atom stereocenters. The molecule has 6 rings (SSSR count). The summed E-state index contributed by atoms with van der Waals surface area (Å²) >= 11 is 0. The molecule has 0 unspecified atom stereocenters. The van der Waals surface area contributed by atoms with E-state index in [4.69, 9.17) is 4.42 Å². The molecule has 1 aromatic heterocycles. The van der Waals surface area contributed by atoms with Crippen molar-refractivity contribution in [3.8, 4) is 11.3 Å². The third kappa shape index (κ3) is 2.99. The van der Waals surface area contributed by atoms with Crippen LogP contribution in [0.4, 0.5) is 5.69 Å². The number of hydrogen-bond acceptors (Lipinski definition) is 6. The van der Waals surface area contributed by atoms with Gasteiger partial charge in [-0.2, -0.15) is 0 Å². The molecule has 3 amide bonds. The molecule has 5 heterocycles. The topological polar surface area (TPSA) is 93.9 Å². The molecule has 30 heavy (non-hydrogen) atoms. The number of carbonyl (C=O) groups excluding carboxylic acids is 3. The first-order valence-electron chi connectivity index (χ1n) is 10.4. The van der Waals surface area contributed by atoms with Crippen LogP contribution in [0.5, 0.6) is 0 Å². The fraction of sp³-hybridized carbons (Fsp3) is 0.409. The number of nitrogens with zero attached hydrogens (tertiary/aromatic N) is 3. The monoisotopic (exact) mass is 409 g/mol. The fourth-order valence-corrected chi connectivity index (χ4v) is 4.69. The molecular weight excluding hydrogens is 386 g/mol. The number of furan rings is 1. The zero-order valence-electron chi connectivity index (χ0n) is 16.6. The molecule has 0 spiro atoms. The van der Waals surface area contributed by atoms with E-state index in [9.17, 15) is 19.6 Å². The van der Waals surface area contributed by atoms with Gasteiger partial charge in [-0.25, -0.2) is 14.2 Å². The van der Waals surface area contributed by atoms with Crippen molar-refractivity contribution in [3.05, 3.63) is 47.4 Å². The van der Waals surface area contributed by atoms with E-state index < -0.39 is 16.5 Å². The van der Waals surface area contributed by atoms with E-state index in [1.807, 2.05) is 4.90 Å². The maximum atomic E-state index is 13.0. The van der Waals surface area contributed by atoms with Crippen LogP contribution in [0.3, 0.4) is 0 Å². The molecule has 0 radical (unpaired) electrons. The number of benzene rings is 1. The lowest BCUT2D eigenvalue weighted by Gasteiger charge is -2.31. The highest BCUT2D eigenvalue weighted by molar-refractivity contribution is 6.14. The van der Waals surface area contributed by atoms with Crippen LogP contribution < -0.4 is 4.65 Å². The Morgan fingerprint density at radius 3 is 2.27 bits per heavy atom. The Morgan fingerprint density at radius 1 is 0.933 bits per heavy atom. The highest BCUT2D eigenvalue weighted by Gasteiger charge is 2.44. The minimum atomic E-state index is -1.53. The van der Waals surface area contributed by atoms with Crippen LogP contribution in [-0.4, -0.2) is 59.7 Å². The number of fused-ring (bicyclic) bond motifs is 4. The molecule has 2 bridgehead atoms. The number of piperidine rings is 1. The lowest BCUT2D eigenvalue weighted by atomic mass is 10.1. The molecule has 4 aliphatic rings. The Hall–Kier alpha value is -2.81. The van der Waals surface area contributed by atoms with Crippen LogP contribution >= 0.6 is 0 Å². The first kappa shape index (κ1) is 19.2. The summed E-state index contributed by atoms with van der Waals surface area (Å²) in [4.78, 5) is 41.2. The number of hydrogen-bond donors (Lipinski definition) is 0. The molecule has 4 fully saturated rings. The van der Waals surface area contributed by atoms with E-state index in [-0.39, 0.29) is 30.5 Å². The Kier molecular flexibility index (Phi) is 4.57. The lowest BCUT2D eigenvalue weighted by molar-refractivity contribution is -0.134. The van der Waals surface area contributed by atoms with Gasteiger partial charge in [-0.05, 0) is 37.1 Å². The van der Waals surface area contributed by atoms with E-state index in [1.54, 1.807) is 24.3 Å². The van der Waals surface area contributed by atoms with Gasteiger partial charge < -0.3 is 19.4 Å². The molecule has 2 aromatic rings. The Balaban J connectivity index is 1.36. The van der Waals surface area contributed by atoms with Crippen molar-refractivity contribution in [2.24, 2.45) is 0 Å². The summed E-state index contributed by atoms with van der Waals surface area (Å²) in [6.07, 6.45) is 1.94. The lowest BCUT2D eigenvalue weighted by Crippen LogP contribution is -2.47. The van der Waals surface area contributed by atoms with Gasteiger partial charge in [0.1, 0.15) is 11.4 Å². The Bertz CT molecular complexity index is 988. The zero-order chi connectivity index (χ0) is 20.9. The summed E-state index contributed by atoms with van der Waals surface area (Å²) < 4.78 is 4.31. The quantitative estimate of drug-likeness (QED) is 0.439. The molecule has 156 valence electrons. The predicted octanol–water partition coefficient (Wildman–Crippen LogP) is 2.52. The van der Waals surface area contributed by atoms with E-state index in [0.29, 0.717) is 23.6 Å². The molecular formula is C22H23N3O5. The average Bonchev–Trinajstić information content (AvgIpc) is 3.22. The predicted molar refractivity (Wildman–Crippen MR) is 109 cm³/mol. The molecule has 4 aliphatic heterocycles. The third-order valence-corrected chi connectivity index (χ3v) is 6.50. The van der Waals surface area contributed by atoms with Gasteiger partial charge in [-0.3, -0.25) is 4.79 Å². The molecule has 0 saturated carbocycles. The molecule has 1 aromatic carbocycles. The number of quaternary nitrogens is 1. The minimum absolute atomic E-state index is 0.0248. The number of amides is 3. The third-order valence-electron chi connectivity index (χ3n) is 6.50. The number of carbonyl (C=O) groups is 3. The van der Waals surface area contributed by atoms with Crippen LogP contribution in [0.1, 0.15) is 36.2 Å². The fourth-order valence-electron chi connectivity index (χ4n) is 4.69. The average molecular weight is 409 g/mol. The summed E-state index contributed by atoms with van der Waals surface area (Å²) in [5.74, 6) is -0.567. The van der Waals surface area contributed by atoms with Crippen LogP contribution in [0, 0.1) is 5.21 Å². The van der Waals surface area contributed by atoms with Crippen LogP contribution in [0.15, 0.2) is 40.8 Å². The van der Waals surface area contributed by atoms with Crippen LogP contribution in [0.2, 0.25) is 0 Å². The van der Waals surface area contributed by atoms with Crippen molar-refractivity contribution in [1.29, 1.82) is 0 Å². The van der Waals surface area contributed by atoms with Gasteiger partial charge in [0, 0.05) is 49.9 Å². The standard InChI is InChI=1S/C22H23N3O5/c26-20-7-8-21(27)25(20,29)17-3-1-15(2-4-17)18-5-6-19(30-18)22(28)24-14-13-23-11-9-16(24)10-12-23/h1-6,16H,7-14H2. The van der Waals surface area contributed by atoms with Gasteiger partial charge in [0.25, 0.3) is 5.91 Å². The van der Waals surface area contributed by atoms with Crippen molar-refractivity contribution in [2.75, 3.05) is 26.2 Å². The number of rotatable bonds is 3. The number of imide groups is 1. The summed E-state index contributed by atoms with van der Waals surface area (Å²) in [6, 6.07) is 9.91. The van der Waals surface area contributed by atoms with Crippen LogP contribution in [0.25, 0.3) is 11.3 Å². The summed E-state index contributed by atoms with van der Waals surface area (Å²) in [7, 11) is 0. The zero-order valence-corrected chi connectivity index (χ0v) is 16.6. The normalized spacial score (nSPS) is 25.6. The second-order valence-electron chi connectivity index (χ2n) is 8.18. The van der Waals surface area contributed by atoms with Gasteiger partial charge in [0.2, 0.25) is 0 Å². The van der Waals surface area contributed by atoms with Crippen LogP contribution in [-0.2, 0) is 9.59 Å². The minimum Gasteiger partial charge on any atom is -0.612 e. The van der Waals surface area contributed by atoms with Crippen molar-refractivity contribution in [1.82, 2.24) is 14.4 Å². The van der Waals surface area contributed by atoms with E-state index in [1.165, 1.54) is 12.1 Å². The summed E-state index contributed by atoms with van der Waals surface area (Å²) in [6.45, 7) is 3.67. The first-order chi connectivity index (χ1) is 14.5. The SMILES string of the molecule is O=C(c1ccc(-c2ccc([N+]3([O-])C(=O)CCC3=O)cc2)o1)N1CCN2CCC1CC2. The second kappa shape index (κ2) is 7.16. The highest BCUT2D eigenvalue weighted by atomic mass is 16.6. The van der Waals surface area contributed by atoms with Gasteiger partial charge in [-0.1, -0.05) is 0 Å². The maximum absolute atomic E-state index is 13.0. The van der Waals surface area contributed by atoms with Crippen molar-refractivity contribution < 1.29 is 18.8 Å². The van der Waals surface area contributed by atoms with Gasteiger partial charge in [-0.15, -0.1) is 0 Å².